The summed E-state index contributed by atoms with van der Waals surface area (Å²) in [5.74, 6) is -1.56. The molecule has 0 radical (unpaired) electrons. The van der Waals surface area contributed by atoms with Gasteiger partial charge in [0.25, 0.3) is 0 Å². The Morgan fingerprint density at radius 2 is 2.12 bits per heavy atom. The van der Waals surface area contributed by atoms with Crippen LogP contribution < -0.4 is 5.73 Å². The van der Waals surface area contributed by atoms with Crippen LogP contribution in [0.5, 0.6) is 0 Å². The molecule has 0 heterocycles. The molecule has 0 bridgehead atoms. The lowest BCUT2D eigenvalue weighted by molar-refractivity contribution is -0.138. The summed E-state index contributed by atoms with van der Waals surface area (Å²) in [4.78, 5) is 10.6. The number of carbonyl (C=O) groups is 1. The third kappa shape index (κ3) is 3.41. The Morgan fingerprint density at radius 1 is 1.53 bits per heavy atom. The number of hydrogen-bond acceptors (Lipinski definition) is 2. The highest BCUT2D eigenvalue weighted by molar-refractivity contribution is 6.30. The Bertz CT molecular complexity index is 435. The molecule has 0 aliphatic carbocycles. The molecule has 94 valence electrons. The SMILES string of the molecule is CC(C)c1cc(CC(N)C(=O)O)cc(Cl)c1F. The van der Waals surface area contributed by atoms with E-state index < -0.39 is 17.8 Å². The minimum Gasteiger partial charge on any atom is -0.480 e. The summed E-state index contributed by atoms with van der Waals surface area (Å²) in [6.45, 7) is 3.69. The van der Waals surface area contributed by atoms with Crippen molar-refractivity contribution in [3.05, 3.63) is 34.1 Å². The number of carboxylic acids is 1. The summed E-state index contributed by atoms with van der Waals surface area (Å²) in [6, 6.07) is 2.04. The van der Waals surface area contributed by atoms with E-state index in [2.05, 4.69) is 0 Å². The molecular weight excluding hydrogens is 245 g/mol. The maximum atomic E-state index is 13.6. The number of rotatable bonds is 4. The molecule has 3 nitrogen and oxygen atoms in total. The summed E-state index contributed by atoms with van der Waals surface area (Å²) in [5, 5.41) is 8.72. The van der Waals surface area contributed by atoms with Crippen LogP contribution in [-0.2, 0) is 11.2 Å². The van der Waals surface area contributed by atoms with Crippen molar-refractivity contribution in [2.75, 3.05) is 0 Å². The topological polar surface area (TPSA) is 63.3 Å². The summed E-state index contributed by atoms with van der Waals surface area (Å²) in [5.41, 5.74) is 6.54. The van der Waals surface area contributed by atoms with Crippen molar-refractivity contribution in [2.24, 2.45) is 5.73 Å². The molecule has 1 aromatic carbocycles. The first-order valence-corrected chi connectivity index (χ1v) is 5.67. The second-order valence-corrected chi connectivity index (χ2v) is 4.69. The smallest absolute Gasteiger partial charge is 0.320 e. The highest BCUT2D eigenvalue weighted by Gasteiger charge is 2.16. The van der Waals surface area contributed by atoms with Crippen molar-refractivity contribution in [1.82, 2.24) is 0 Å². The Hall–Kier alpha value is -1.13. The van der Waals surface area contributed by atoms with Crippen LogP contribution in [0.15, 0.2) is 12.1 Å². The van der Waals surface area contributed by atoms with Crippen molar-refractivity contribution in [3.63, 3.8) is 0 Å². The van der Waals surface area contributed by atoms with Crippen LogP contribution in [0, 0.1) is 5.82 Å². The average molecular weight is 260 g/mol. The summed E-state index contributed by atoms with van der Waals surface area (Å²) in [7, 11) is 0. The van der Waals surface area contributed by atoms with Gasteiger partial charge in [-0.2, -0.15) is 0 Å². The van der Waals surface area contributed by atoms with Gasteiger partial charge in [0, 0.05) is 0 Å². The standard InChI is InChI=1S/C12H15ClFNO2/c1-6(2)8-3-7(4-9(13)11(8)14)5-10(15)12(16)17/h3-4,6,10H,5,15H2,1-2H3,(H,16,17). The fourth-order valence-electron chi connectivity index (χ4n) is 1.55. The zero-order valence-corrected chi connectivity index (χ0v) is 10.5. The maximum Gasteiger partial charge on any atom is 0.320 e. The lowest BCUT2D eigenvalue weighted by Gasteiger charge is -2.13. The van der Waals surface area contributed by atoms with E-state index in [-0.39, 0.29) is 17.4 Å². The van der Waals surface area contributed by atoms with Gasteiger partial charge in [-0.25, -0.2) is 4.39 Å². The number of nitrogens with two attached hydrogens (primary N) is 1. The third-order valence-corrected chi connectivity index (χ3v) is 2.79. The molecule has 0 fully saturated rings. The number of hydrogen-bond donors (Lipinski definition) is 2. The molecule has 17 heavy (non-hydrogen) atoms. The van der Waals surface area contributed by atoms with Gasteiger partial charge in [-0.15, -0.1) is 0 Å². The first-order chi connectivity index (χ1) is 7.82. The minimum absolute atomic E-state index is 0.00351. The van der Waals surface area contributed by atoms with Crippen LogP contribution in [-0.4, -0.2) is 17.1 Å². The molecule has 5 heteroatoms. The molecule has 0 saturated heterocycles. The first kappa shape index (κ1) is 13.9. The van der Waals surface area contributed by atoms with Crippen molar-refractivity contribution in [1.29, 1.82) is 0 Å². The van der Waals surface area contributed by atoms with Gasteiger partial charge in [-0.05, 0) is 29.5 Å². The molecule has 0 saturated carbocycles. The summed E-state index contributed by atoms with van der Waals surface area (Å²) in [6.07, 6.45) is 0.134. The van der Waals surface area contributed by atoms with E-state index >= 15 is 0 Å². The Balaban J connectivity index is 3.06. The van der Waals surface area contributed by atoms with Crippen LogP contribution >= 0.6 is 11.6 Å². The number of benzene rings is 1. The summed E-state index contributed by atoms with van der Waals surface area (Å²) >= 11 is 5.76. The quantitative estimate of drug-likeness (QED) is 0.873. The van der Waals surface area contributed by atoms with Gasteiger partial charge in [0.15, 0.2) is 0 Å². The van der Waals surface area contributed by atoms with Crippen LogP contribution in [0.2, 0.25) is 5.02 Å². The first-order valence-electron chi connectivity index (χ1n) is 5.29. The molecule has 0 spiro atoms. The lowest BCUT2D eigenvalue weighted by Crippen LogP contribution is -2.32. The van der Waals surface area contributed by atoms with E-state index in [0.29, 0.717) is 11.1 Å². The summed E-state index contributed by atoms with van der Waals surface area (Å²) < 4.78 is 13.6. The fourth-order valence-corrected chi connectivity index (χ4v) is 1.80. The predicted octanol–water partition coefficient (Wildman–Crippen LogP) is 2.56. The van der Waals surface area contributed by atoms with Gasteiger partial charge in [-0.3, -0.25) is 4.79 Å². The van der Waals surface area contributed by atoms with Crippen LogP contribution in [0.25, 0.3) is 0 Å². The molecule has 0 aromatic heterocycles. The molecule has 1 rings (SSSR count). The van der Waals surface area contributed by atoms with Gasteiger partial charge in [0.2, 0.25) is 0 Å². The van der Waals surface area contributed by atoms with Crippen molar-refractivity contribution >= 4 is 17.6 Å². The highest BCUT2D eigenvalue weighted by Crippen LogP contribution is 2.26. The van der Waals surface area contributed by atoms with Crippen LogP contribution in [0.1, 0.15) is 30.9 Å². The minimum atomic E-state index is -1.09. The van der Waals surface area contributed by atoms with Crippen molar-refractivity contribution in [3.8, 4) is 0 Å². The van der Waals surface area contributed by atoms with Gasteiger partial charge < -0.3 is 10.8 Å². The second-order valence-electron chi connectivity index (χ2n) is 4.28. The van der Waals surface area contributed by atoms with Crippen LogP contribution in [0.3, 0.4) is 0 Å². The Kier molecular flexibility index (Phi) is 4.48. The van der Waals surface area contributed by atoms with E-state index in [1.54, 1.807) is 6.07 Å². The normalized spacial score (nSPS) is 12.8. The lowest BCUT2D eigenvalue weighted by atomic mass is 9.97. The van der Waals surface area contributed by atoms with Gasteiger partial charge in [0.1, 0.15) is 11.9 Å². The predicted molar refractivity (Wildman–Crippen MR) is 64.8 cm³/mol. The fraction of sp³-hybridized carbons (Fsp3) is 0.417. The maximum absolute atomic E-state index is 13.6. The molecule has 1 atom stereocenters. The third-order valence-electron chi connectivity index (χ3n) is 2.51. The zero-order valence-electron chi connectivity index (χ0n) is 9.71. The Labute approximate surface area is 104 Å². The number of aliphatic carboxylic acids is 1. The van der Waals surface area contributed by atoms with Crippen molar-refractivity contribution < 1.29 is 14.3 Å². The largest absolute Gasteiger partial charge is 0.480 e. The van der Waals surface area contributed by atoms with Crippen molar-refractivity contribution in [2.45, 2.75) is 32.2 Å². The number of halogens is 2. The van der Waals surface area contributed by atoms with E-state index in [1.165, 1.54) is 6.07 Å². The molecule has 0 aliphatic rings. The van der Waals surface area contributed by atoms with Gasteiger partial charge >= 0.3 is 5.97 Å². The average Bonchev–Trinajstić information content (AvgIpc) is 2.22. The molecule has 1 aromatic rings. The molecule has 0 amide bonds. The molecular formula is C12H15ClFNO2. The molecule has 3 N–H and O–H groups in total. The zero-order chi connectivity index (χ0) is 13.2. The van der Waals surface area contributed by atoms with E-state index in [0.717, 1.165) is 0 Å². The monoisotopic (exact) mass is 259 g/mol. The molecule has 0 aliphatic heterocycles. The van der Waals surface area contributed by atoms with Gasteiger partial charge in [-0.1, -0.05) is 31.5 Å². The van der Waals surface area contributed by atoms with Crippen LogP contribution in [0.4, 0.5) is 4.39 Å². The van der Waals surface area contributed by atoms with E-state index in [9.17, 15) is 9.18 Å². The van der Waals surface area contributed by atoms with Gasteiger partial charge in [0.05, 0.1) is 5.02 Å². The number of carboxylic acid groups (broad SMARTS) is 1. The second kappa shape index (κ2) is 5.47. The Morgan fingerprint density at radius 3 is 2.59 bits per heavy atom. The van der Waals surface area contributed by atoms with E-state index in [4.69, 9.17) is 22.4 Å². The van der Waals surface area contributed by atoms with E-state index in [1.807, 2.05) is 13.8 Å². The highest BCUT2D eigenvalue weighted by atomic mass is 35.5. The molecule has 1 unspecified atom stereocenters.